The molecule has 0 saturated heterocycles. The molecule has 3 rings (SSSR count). The van der Waals surface area contributed by atoms with Crippen LogP contribution in [0, 0.1) is 6.92 Å². The fraction of sp³-hybridized carbons (Fsp3) is 0.0769. The molecule has 0 aliphatic heterocycles. The van der Waals surface area contributed by atoms with Crippen molar-refractivity contribution in [2.45, 2.75) is 6.92 Å². The normalized spacial score (nSPS) is 10.5. The Balaban J connectivity index is 2.03. The molecular formula is C13H11N5. The molecule has 0 amide bonds. The summed E-state index contributed by atoms with van der Waals surface area (Å²) >= 11 is 0. The summed E-state index contributed by atoms with van der Waals surface area (Å²) in [6.45, 7) is 2.03. The van der Waals surface area contributed by atoms with Gasteiger partial charge in [0.2, 0.25) is 0 Å². The van der Waals surface area contributed by atoms with Gasteiger partial charge in [-0.05, 0) is 24.6 Å². The van der Waals surface area contributed by atoms with Crippen LogP contribution in [-0.2, 0) is 0 Å². The predicted octanol–water partition coefficient (Wildman–Crippen LogP) is 2.03. The summed E-state index contributed by atoms with van der Waals surface area (Å²) in [7, 11) is 0. The molecule has 0 spiro atoms. The Bertz CT molecular complexity index is 660. The molecule has 0 fully saturated rings. The monoisotopic (exact) mass is 237 g/mol. The Labute approximate surface area is 104 Å². The summed E-state index contributed by atoms with van der Waals surface area (Å²) in [4.78, 5) is 12.4. The Hall–Kier alpha value is -2.56. The van der Waals surface area contributed by atoms with Crippen molar-refractivity contribution < 1.29 is 0 Å². The Kier molecular flexibility index (Phi) is 2.57. The van der Waals surface area contributed by atoms with Crippen LogP contribution in [0.1, 0.15) is 5.56 Å². The lowest BCUT2D eigenvalue weighted by Gasteiger charge is -2.03. The summed E-state index contributed by atoms with van der Waals surface area (Å²) in [5.41, 5.74) is 3.65. The van der Waals surface area contributed by atoms with Crippen molar-refractivity contribution in [1.82, 2.24) is 24.7 Å². The van der Waals surface area contributed by atoms with E-state index in [0.717, 1.165) is 22.6 Å². The number of nitrogens with zero attached hydrogens (tertiary/aromatic N) is 5. The second-order valence-electron chi connectivity index (χ2n) is 3.90. The first-order valence-corrected chi connectivity index (χ1v) is 5.57. The quantitative estimate of drug-likeness (QED) is 0.684. The van der Waals surface area contributed by atoms with Crippen LogP contribution in [0.3, 0.4) is 0 Å². The average Bonchev–Trinajstić information content (AvgIpc) is 2.90. The van der Waals surface area contributed by atoms with Crippen molar-refractivity contribution >= 4 is 0 Å². The highest BCUT2D eigenvalue weighted by atomic mass is 15.3. The molecule has 18 heavy (non-hydrogen) atoms. The molecule has 0 bridgehead atoms. The van der Waals surface area contributed by atoms with E-state index in [9.17, 15) is 0 Å². The third-order valence-corrected chi connectivity index (χ3v) is 2.67. The van der Waals surface area contributed by atoms with Crippen LogP contribution in [0.2, 0.25) is 0 Å². The van der Waals surface area contributed by atoms with Gasteiger partial charge >= 0.3 is 0 Å². The van der Waals surface area contributed by atoms with Crippen molar-refractivity contribution in [1.29, 1.82) is 0 Å². The summed E-state index contributed by atoms with van der Waals surface area (Å²) in [6, 6.07) is 3.87. The zero-order valence-corrected chi connectivity index (χ0v) is 9.85. The van der Waals surface area contributed by atoms with Crippen molar-refractivity contribution in [2.24, 2.45) is 0 Å². The van der Waals surface area contributed by atoms with Gasteiger partial charge in [-0.2, -0.15) is 5.10 Å². The zero-order valence-electron chi connectivity index (χ0n) is 9.85. The third-order valence-electron chi connectivity index (χ3n) is 2.67. The zero-order chi connectivity index (χ0) is 12.4. The number of hydrogen-bond donors (Lipinski definition) is 0. The summed E-state index contributed by atoms with van der Waals surface area (Å²) in [5.74, 6) is 0. The molecule has 0 aliphatic carbocycles. The lowest BCUT2D eigenvalue weighted by Crippen LogP contribution is -1.98. The van der Waals surface area contributed by atoms with Crippen LogP contribution in [0.5, 0.6) is 0 Å². The van der Waals surface area contributed by atoms with E-state index in [1.165, 1.54) is 0 Å². The first kappa shape index (κ1) is 10.6. The molecular weight excluding hydrogens is 226 g/mol. The van der Waals surface area contributed by atoms with E-state index in [4.69, 9.17) is 0 Å². The maximum atomic E-state index is 4.49. The van der Waals surface area contributed by atoms with Gasteiger partial charge < -0.3 is 0 Å². The molecule has 0 saturated carbocycles. The van der Waals surface area contributed by atoms with E-state index >= 15 is 0 Å². The van der Waals surface area contributed by atoms with Gasteiger partial charge in [0.1, 0.15) is 11.4 Å². The van der Waals surface area contributed by atoms with Crippen molar-refractivity contribution in [2.75, 3.05) is 0 Å². The molecule has 0 N–H and O–H groups in total. The van der Waals surface area contributed by atoms with Gasteiger partial charge in [0, 0.05) is 24.8 Å². The van der Waals surface area contributed by atoms with Gasteiger partial charge in [0.15, 0.2) is 0 Å². The van der Waals surface area contributed by atoms with E-state index in [1.807, 2.05) is 25.3 Å². The molecule has 0 aliphatic rings. The Morgan fingerprint density at radius 3 is 2.61 bits per heavy atom. The van der Waals surface area contributed by atoms with E-state index in [1.54, 1.807) is 35.7 Å². The molecule has 3 aromatic rings. The first-order valence-electron chi connectivity index (χ1n) is 5.57. The van der Waals surface area contributed by atoms with Gasteiger partial charge in [-0.1, -0.05) is 0 Å². The van der Waals surface area contributed by atoms with Crippen molar-refractivity contribution in [3.63, 3.8) is 0 Å². The smallest absolute Gasteiger partial charge is 0.113 e. The summed E-state index contributed by atoms with van der Waals surface area (Å²) in [5, 5.41) is 4.49. The summed E-state index contributed by atoms with van der Waals surface area (Å²) < 4.78 is 1.80. The van der Waals surface area contributed by atoms with Gasteiger partial charge in [0.25, 0.3) is 0 Å². The topological polar surface area (TPSA) is 56.5 Å². The fourth-order valence-electron chi connectivity index (χ4n) is 1.72. The van der Waals surface area contributed by atoms with Gasteiger partial charge in [-0.15, -0.1) is 0 Å². The van der Waals surface area contributed by atoms with Crippen LogP contribution >= 0.6 is 0 Å². The van der Waals surface area contributed by atoms with Gasteiger partial charge in [-0.25, -0.2) is 4.68 Å². The average molecular weight is 237 g/mol. The third kappa shape index (κ3) is 1.86. The second-order valence-corrected chi connectivity index (χ2v) is 3.90. The first-order chi connectivity index (χ1) is 8.84. The van der Waals surface area contributed by atoms with Crippen LogP contribution in [0.15, 0.2) is 49.3 Å². The fourth-order valence-corrected chi connectivity index (χ4v) is 1.72. The van der Waals surface area contributed by atoms with Crippen LogP contribution in [-0.4, -0.2) is 24.7 Å². The Morgan fingerprint density at radius 1 is 0.944 bits per heavy atom. The molecule has 3 aromatic heterocycles. The van der Waals surface area contributed by atoms with E-state index in [-0.39, 0.29) is 0 Å². The number of aryl methyl sites for hydroxylation is 1. The maximum Gasteiger partial charge on any atom is 0.113 e. The minimum atomic E-state index is 0.762. The largest absolute Gasteiger partial charge is 0.262 e. The minimum Gasteiger partial charge on any atom is -0.262 e. The molecule has 0 radical (unpaired) electrons. The molecule has 0 unspecified atom stereocenters. The van der Waals surface area contributed by atoms with Crippen LogP contribution in [0.25, 0.3) is 17.1 Å². The van der Waals surface area contributed by atoms with Gasteiger partial charge in [0.05, 0.1) is 18.1 Å². The van der Waals surface area contributed by atoms with Crippen LogP contribution in [0.4, 0.5) is 0 Å². The summed E-state index contributed by atoms with van der Waals surface area (Å²) in [6.07, 6.45) is 10.5. The van der Waals surface area contributed by atoms with Crippen molar-refractivity contribution in [3.05, 3.63) is 54.9 Å². The molecule has 0 atom stereocenters. The highest BCUT2D eigenvalue weighted by molar-refractivity contribution is 5.52. The minimum absolute atomic E-state index is 0.762. The maximum absolute atomic E-state index is 4.49. The number of pyridine rings is 1. The standard InChI is InChI=1S/C13H11N5/c1-10-2-4-14-9-13(10)18-7-3-11(17-18)12-8-15-5-6-16-12/h2-9H,1H3. The van der Waals surface area contributed by atoms with E-state index < -0.39 is 0 Å². The molecule has 5 nitrogen and oxygen atoms in total. The number of rotatable bonds is 2. The number of aromatic nitrogens is 5. The molecule has 0 aromatic carbocycles. The second kappa shape index (κ2) is 4.37. The van der Waals surface area contributed by atoms with E-state index in [0.29, 0.717) is 0 Å². The SMILES string of the molecule is Cc1ccncc1-n1ccc(-c2cnccn2)n1. The predicted molar refractivity (Wildman–Crippen MR) is 67.1 cm³/mol. The van der Waals surface area contributed by atoms with E-state index in [2.05, 4.69) is 20.1 Å². The molecule has 88 valence electrons. The van der Waals surface area contributed by atoms with Crippen LogP contribution < -0.4 is 0 Å². The lowest BCUT2D eigenvalue weighted by molar-refractivity contribution is 0.867. The lowest BCUT2D eigenvalue weighted by atomic mass is 10.2. The number of hydrogen-bond acceptors (Lipinski definition) is 4. The Morgan fingerprint density at radius 2 is 1.83 bits per heavy atom. The van der Waals surface area contributed by atoms with Crippen molar-refractivity contribution in [3.8, 4) is 17.1 Å². The van der Waals surface area contributed by atoms with Gasteiger partial charge in [-0.3, -0.25) is 15.0 Å². The highest BCUT2D eigenvalue weighted by Gasteiger charge is 2.06. The highest BCUT2D eigenvalue weighted by Crippen LogP contribution is 2.16. The molecule has 5 heteroatoms. The molecule has 3 heterocycles.